The molecule has 0 bridgehead atoms. The predicted octanol–water partition coefficient (Wildman–Crippen LogP) is 3.77. The Morgan fingerprint density at radius 1 is 1.00 bits per heavy atom. The highest BCUT2D eigenvalue weighted by Gasteiger charge is 2.15. The lowest BCUT2D eigenvalue weighted by molar-refractivity contribution is -0.121. The van der Waals surface area contributed by atoms with E-state index >= 15 is 0 Å². The Hall–Kier alpha value is -2.68. The van der Waals surface area contributed by atoms with Crippen LogP contribution < -0.4 is 10.6 Å². The maximum absolute atomic E-state index is 13.5. The van der Waals surface area contributed by atoms with E-state index < -0.39 is 47.3 Å². The lowest BCUT2D eigenvalue weighted by atomic mass is 10.2. The average molecular weight is 431 g/mol. The Balaban J connectivity index is 1.91. The quantitative estimate of drug-likeness (QED) is 0.430. The fraction of sp³-hybridized carbons (Fsp3) is 0.0588. The van der Waals surface area contributed by atoms with Crippen LogP contribution in [0.25, 0.3) is 6.08 Å². The molecule has 2 N–H and O–H groups in total. The third kappa shape index (κ3) is 5.16. The highest BCUT2D eigenvalue weighted by molar-refractivity contribution is 9.10. The summed E-state index contributed by atoms with van der Waals surface area (Å²) in [5.41, 5.74) is -0.405. The second-order valence-electron chi connectivity index (χ2n) is 4.99. The van der Waals surface area contributed by atoms with E-state index in [0.717, 1.165) is 12.1 Å². The molecule has 0 saturated carbocycles. The van der Waals surface area contributed by atoms with Gasteiger partial charge >= 0.3 is 0 Å². The first kappa shape index (κ1) is 19.6. The third-order valence-electron chi connectivity index (χ3n) is 3.10. The van der Waals surface area contributed by atoms with Crippen LogP contribution in [0.4, 0.5) is 23.2 Å². The first-order valence-electron chi connectivity index (χ1n) is 7.12. The van der Waals surface area contributed by atoms with Crippen LogP contribution in [0.1, 0.15) is 5.56 Å². The minimum Gasteiger partial charge on any atom is -0.343 e. The largest absolute Gasteiger partial charge is 0.343 e. The third-order valence-corrected chi connectivity index (χ3v) is 3.60. The number of hydrogen-bond donors (Lipinski definition) is 2. The van der Waals surface area contributed by atoms with Crippen molar-refractivity contribution < 1.29 is 27.2 Å². The SMILES string of the molecule is O=C(/C=C/c1cc(Br)ccc1F)NCC(=O)Nc1ccc(F)c(F)c1F. The number of rotatable bonds is 5. The van der Waals surface area contributed by atoms with Crippen molar-refractivity contribution in [1.29, 1.82) is 0 Å². The maximum Gasteiger partial charge on any atom is 0.244 e. The van der Waals surface area contributed by atoms with E-state index in [0.29, 0.717) is 10.5 Å². The molecule has 0 spiro atoms. The van der Waals surface area contributed by atoms with E-state index in [-0.39, 0.29) is 5.56 Å². The second-order valence-corrected chi connectivity index (χ2v) is 5.90. The molecule has 2 amide bonds. The average Bonchev–Trinajstić information content (AvgIpc) is 2.61. The van der Waals surface area contributed by atoms with Crippen LogP contribution in [0.5, 0.6) is 0 Å². The van der Waals surface area contributed by atoms with Crippen molar-refractivity contribution in [1.82, 2.24) is 5.32 Å². The molecule has 0 unspecified atom stereocenters. The van der Waals surface area contributed by atoms with Crippen LogP contribution in [0.3, 0.4) is 0 Å². The monoisotopic (exact) mass is 430 g/mol. The molecule has 2 aromatic rings. The van der Waals surface area contributed by atoms with Crippen LogP contribution in [0.2, 0.25) is 0 Å². The zero-order valence-electron chi connectivity index (χ0n) is 13.0. The predicted molar refractivity (Wildman–Crippen MR) is 91.1 cm³/mol. The smallest absolute Gasteiger partial charge is 0.244 e. The van der Waals surface area contributed by atoms with Gasteiger partial charge in [0.15, 0.2) is 17.5 Å². The number of carbonyl (C=O) groups excluding carboxylic acids is 2. The van der Waals surface area contributed by atoms with Gasteiger partial charge in [0.05, 0.1) is 12.2 Å². The number of amides is 2. The van der Waals surface area contributed by atoms with E-state index in [2.05, 4.69) is 21.2 Å². The molecular weight excluding hydrogens is 420 g/mol. The van der Waals surface area contributed by atoms with Gasteiger partial charge in [-0.2, -0.15) is 0 Å². The van der Waals surface area contributed by atoms with Crippen molar-refractivity contribution in [3.63, 3.8) is 0 Å². The second kappa shape index (κ2) is 8.61. The molecule has 26 heavy (non-hydrogen) atoms. The van der Waals surface area contributed by atoms with E-state index in [1.54, 1.807) is 0 Å². The summed E-state index contributed by atoms with van der Waals surface area (Å²) in [7, 11) is 0. The Labute approximate surface area is 154 Å². The van der Waals surface area contributed by atoms with Crippen LogP contribution in [-0.4, -0.2) is 18.4 Å². The zero-order valence-corrected chi connectivity index (χ0v) is 14.5. The van der Waals surface area contributed by atoms with Crippen molar-refractivity contribution >= 4 is 39.5 Å². The molecule has 0 aromatic heterocycles. The fourth-order valence-corrected chi connectivity index (χ4v) is 2.23. The molecule has 0 fully saturated rings. The number of halogens is 5. The summed E-state index contributed by atoms with van der Waals surface area (Å²) in [6, 6.07) is 5.67. The van der Waals surface area contributed by atoms with Crippen LogP contribution in [-0.2, 0) is 9.59 Å². The van der Waals surface area contributed by atoms with Crippen molar-refractivity contribution in [2.24, 2.45) is 0 Å². The lowest BCUT2D eigenvalue weighted by Crippen LogP contribution is -2.32. The Kier molecular flexibility index (Phi) is 6.51. The Morgan fingerprint density at radius 2 is 1.69 bits per heavy atom. The molecule has 0 aliphatic rings. The molecule has 4 nitrogen and oxygen atoms in total. The van der Waals surface area contributed by atoms with Crippen LogP contribution >= 0.6 is 15.9 Å². The molecule has 0 saturated heterocycles. The number of benzene rings is 2. The molecule has 0 heterocycles. The van der Waals surface area contributed by atoms with Gasteiger partial charge in [0.25, 0.3) is 0 Å². The first-order valence-corrected chi connectivity index (χ1v) is 7.91. The summed E-state index contributed by atoms with van der Waals surface area (Å²) in [6.07, 6.45) is 2.22. The first-order chi connectivity index (χ1) is 12.3. The van der Waals surface area contributed by atoms with E-state index in [9.17, 15) is 27.2 Å². The van der Waals surface area contributed by atoms with Gasteiger partial charge in [0.2, 0.25) is 11.8 Å². The Morgan fingerprint density at radius 3 is 2.42 bits per heavy atom. The molecule has 2 aromatic carbocycles. The van der Waals surface area contributed by atoms with Gasteiger partial charge < -0.3 is 10.6 Å². The molecule has 0 atom stereocenters. The highest BCUT2D eigenvalue weighted by atomic mass is 79.9. The summed E-state index contributed by atoms with van der Waals surface area (Å²) < 4.78 is 53.4. The van der Waals surface area contributed by atoms with Crippen LogP contribution in [0, 0.1) is 23.3 Å². The molecule has 9 heteroatoms. The Bertz CT molecular complexity index is 887. The molecular formula is C17H11BrF4N2O2. The van der Waals surface area contributed by atoms with Crippen molar-refractivity contribution in [2.45, 2.75) is 0 Å². The number of hydrogen-bond acceptors (Lipinski definition) is 2. The van der Waals surface area contributed by atoms with Gasteiger partial charge in [0, 0.05) is 16.1 Å². The minimum absolute atomic E-state index is 0.155. The number of anilines is 1. The van der Waals surface area contributed by atoms with Crippen LogP contribution in [0.15, 0.2) is 40.9 Å². The lowest BCUT2D eigenvalue weighted by Gasteiger charge is -2.07. The maximum atomic E-state index is 13.5. The van der Waals surface area contributed by atoms with Gasteiger partial charge in [-0.15, -0.1) is 0 Å². The summed E-state index contributed by atoms with van der Waals surface area (Å²) in [5, 5.41) is 4.19. The van der Waals surface area contributed by atoms with Crippen molar-refractivity contribution in [3.8, 4) is 0 Å². The minimum atomic E-state index is -1.72. The summed E-state index contributed by atoms with van der Waals surface area (Å²) >= 11 is 3.17. The van der Waals surface area contributed by atoms with Gasteiger partial charge in [0.1, 0.15) is 5.82 Å². The standard InChI is InChI=1S/C17H11BrF4N2O2/c18-10-2-3-11(19)9(7-10)1-6-14(25)23-8-15(26)24-13-5-4-12(20)16(21)17(13)22/h1-7H,8H2,(H,23,25)(H,24,26)/b6-1+. The molecule has 0 aliphatic carbocycles. The number of carbonyl (C=O) groups is 2. The van der Waals surface area contributed by atoms with Gasteiger partial charge in [-0.05, 0) is 36.4 Å². The van der Waals surface area contributed by atoms with E-state index in [1.165, 1.54) is 24.3 Å². The van der Waals surface area contributed by atoms with E-state index in [1.807, 2.05) is 5.32 Å². The van der Waals surface area contributed by atoms with Crippen molar-refractivity contribution in [3.05, 3.63) is 69.7 Å². The number of nitrogens with one attached hydrogen (secondary N) is 2. The molecule has 136 valence electrons. The molecule has 0 aliphatic heterocycles. The highest BCUT2D eigenvalue weighted by Crippen LogP contribution is 2.19. The normalized spacial score (nSPS) is 10.8. The summed E-state index contributed by atoms with van der Waals surface area (Å²) in [6.45, 7) is -0.553. The fourth-order valence-electron chi connectivity index (χ4n) is 1.85. The topological polar surface area (TPSA) is 58.2 Å². The van der Waals surface area contributed by atoms with Gasteiger partial charge in [-0.1, -0.05) is 15.9 Å². The molecule has 0 radical (unpaired) electrons. The van der Waals surface area contributed by atoms with Gasteiger partial charge in [-0.25, -0.2) is 17.6 Å². The molecule has 2 rings (SSSR count). The summed E-state index contributed by atoms with van der Waals surface area (Å²) in [4.78, 5) is 23.3. The summed E-state index contributed by atoms with van der Waals surface area (Å²) in [5.74, 6) is -6.75. The van der Waals surface area contributed by atoms with E-state index in [4.69, 9.17) is 0 Å². The zero-order chi connectivity index (χ0) is 19.3. The van der Waals surface area contributed by atoms with Gasteiger partial charge in [-0.3, -0.25) is 9.59 Å². The van der Waals surface area contributed by atoms with Crippen molar-refractivity contribution in [2.75, 3.05) is 11.9 Å².